The van der Waals surface area contributed by atoms with E-state index in [9.17, 15) is 0 Å². The average Bonchev–Trinajstić information content (AvgIpc) is 3.17. The lowest BCUT2D eigenvalue weighted by Crippen LogP contribution is -1.89. The molecule has 4 rings (SSSR count). The second-order valence-corrected chi connectivity index (χ2v) is 6.23. The number of H-pyrrole nitrogens is 1. The number of imidazole rings is 1. The summed E-state index contributed by atoms with van der Waals surface area (Å²) in [6.45, 7) is 2.09. The molecular formula is C18H15N3S. The Bertz CT molecular complexity index is 905. The third kappa shape index (κ3) is 2.49. The van der Waals surface area contributed by atoms with E-state index in [2.05, 4.69) is 70.1 Å². The third-order valence-corrected chi connectivity index (χ3v) is 4.45. The zero-order valence-corrected chi connectivity index (χ0v) is 12.9. The van der Waals surface area contributed by atoms with Crippen LogP contribution in [0.1, 0.15) is 5.56 Å². The van der Waals surface area contributed by atoms with Gasteiger partial charge in [0.25, 0.3) is 0 Å². The number of hydrogen-bond acceptors (Lipinski definition) is 3. The van der Waals surface area contributed by atoms with Gasteiger partial charge in [-0.2, -0.15) is 0 Å². The summed E-state index contributed by atoms with van der Waals surface area (Å²) < 4.78 is 0. The van der Waals surface area contributed by atoms with Gasteiger partial charge in [0, 0.05) is 11.4 Å². The third-order valence-electron chi connectivity index (χ3n) is 3.58. The number of thiophene rings is 1. The molecule has 4 aromatic rings. The van der Waals surface area contributed by atoms with Crippen LogP contribution in [0.5, 0.6) is 0 Å². The van der Waals surface area contributed by atoms with Gasteiger partial charge >= 0.3 is 0 Å². The van der Waals surface area contributed by atoms with Crippen molar-refractivity contribution in [1.82, 2.24) is 9.97 Å². The van der Waals surface area contributed by atoms with E-state index < -0.39 is 0 Å². The van der Waals surface area contributed by atoms with Gasteiger partial charge in [0.1, 0.15) is 5.82 Å². The van der Waals surface area contributed by atoms with Crippen molar-refractivity contribution in [3.8, 4) is 10.7 Å². The molecule has 0 saturated heterocycles. The van der Waals surface area contributed by atoms with Gasteiger partial charge in [-0.05, 0) is 48.7 Å². The topological polar surface area (TPSA) is 40.7 Å². The summed E-state index contributed by atoms with van der Waals surface area (Å²) in [5.41, 5.74) is 5.43. The van der Waals surface area contributed by atoms with Crippen LogP contribution in [0.25, 0.3) is 21.7 Å². The van der Waals surface area contributed by atoms with Crippen LogP contribution in [0.3, 0.4) is 0 Å². The summed E-state index contributed by atoms with van der Waals surface area (Å²) >= 11 is 1.69. The van der Waals surface area contributed by atoms with Gasteiger partial charge in [-0.3, -0.25) is 0 Å². The van der Waals surface area contributed by atoms with Crippen molar-refractivity contribution in [3.63, 3.8) is 0 Å². The Morgan fingerprint density at radius 1 is 1.00 bits per heavy atom. The molecule has 2 heterocycles. The molecule has 2 N–H and O–H groups in total. The second-order valence-electron chi connectivity index (χ2n) is 5.29. The van der Waals surface area contributed by atoms with Crippen LogP contribution in [0.2, 0.25) is 0 Å². The number of nitrogens with one attached hydrogen (secondary N) is 2. The zero-order valence-electron chi connectivity index (χ0n) is 12.1. The first-order chi connectivity index (χ1) is 10.8. The lowest BCUT2D eigenvalue weighted by atomic mass is 10.2. The van der Waals surface area contributed by atoms with Crippen molar-refractivity contribution in [3.05, 3.63) is 65.5 Å². The monoisotopic (exact) mass is 305 g/mol. The molecule has 0 aliphatic heterocycles. The van der Waals surface area contributed by atoms with Crippen LogP contribution in [0, 0.1) is 6.92 Å². The molecular weight excluding hydrogens is 290 g/mol. The van der Waals surface area contributed by atoms with Crippen molar-refractivity contribution >= 4 is 33.7 Å². The summed E-state index contributed by atoms with van der Waals surface area (Å²) in [7, 11) is 0. The van der Waals surface area contributed by atoms with Crippen LogP contribution in [-0.4, -0.2) is 9.97 Å². The number of nitrogens with zero attached hydrogens (tertiary/aromatic N) is 1. The van der Waals surface area contributed by atoms with Crippen LogP contribution in [0.4, 0.5) is 11.4 Å². The maximum Gasteiger partial charge on any atom is 0.148 e. The number of aromatic nitrogens is 2. The molecule has 0 aliphatic carbocycles. The van der Waals surface area contributed by atoms with Gasteiger partial charge in [-0.15, -0.1) is 11.3 Å². The molecule has 0 aliphatic rings. The van der Waals surface area contributed by atoms with E-state index in [1.165, 1.54) is 5.56 Å². The van der Waals surface area contributed by atoms with E-state index in [1.54, 1.807) is 11.3 Å². The van der Waals surface area contributed by atoms with Crippen molar-refractivity contribution < 1.29 is 0 Å². The molecule has 2 aromatic carbocycles. The van der Waals surface area contributed by atoms with Crippen LogP contribution < -0.4 is 5.32 Å². The summed E-state index contributed by atoms with van der Waals surface area (Å²) in [5.74, 6) is 0.928. The molecule has 0 spiro atoms. The number of aromatic amines is 1. The number of rotatable bonds is 3. The fourth-order valence-corrected chi connectivity index (χ4v) is 3.09. The zero-order chi connectivity index (χ0) is 14.9. The molecule has 0 fully saturated rings. The highest BCUT2D eigenvalue weighted by Crippen LogP contribution is 2.27. The van der Waals surface area contributed by atoms with Gasteiger partial charge in [0.2, 0.25) is 0 Å². The standard InChI is InChI=1S/C18H15N3S/c1-12-4-6-13(7-5-12)19-14-8-9-15-16(11-14)21-18(20-15)17-3-2-10-22-17/h2-11,19H,1H3,(H,20,21). The first kappa shape index (κ1) is 13.1. The molecule has 4 heteroatoms. The van der Waals surface area contributed by atoms with E-state index in [4.69, 9.17) is 0 Å². The number of hydrogen-bond donors (Lipinski definition) is 2. The van der Waals surface area contributed by atoms with Gasteiger partial charge in [-0.1, -0.05) is 23.8 Å². The summed E-state index contributed by atoms with van der Waals surface area (Å²) in [6, 6.07) is 18.7. The minimum Gasteiger partial charge on any atom is -0.355 e. The molecule has 108 valence electrons. The molecule has 0 bridgehead atoms. The molecule has 0 amide bonds. The molecule has 0 radical (unpaired) electrons. The Labute approximate surface area is 132 Å². The molecule has 22 heavy (non-hydrogen) atoms. The largest absolute Gasteiger partial charge is 0.355 e. The van der Waals surface area contributed by atoms with Crippen molar-refractivity contribution in [1.29, 1.82) is 0 Å². The highest BCUT2D eigenvalue weighted by Gasteiger charge is 2.06. The maximum atomic E-state index is 4.64. The van der Waals surface area contributed by atoms with Crippen molar-refractivity contribution in [2.45, 2.75) is 6.92 Å². The predicted octanol–water partition coefficient (Wildman–Crippen LogP) is 5.34. The van der Waals surface area contributed by atoms with E-state index >= 15 is 0 Å². The molecule has 2 aromatic heterocycles. The average molecular weight is 305 g/mol. The van der Waals surface area contributed by atoms with Crippen molar-refractivity contribution in [2.75, 3.05) is 5.32 Å². The quantitative estimate of drug-likeness (QED) is 0.536. The van der Waals surface area contributed by atoms with E-state index in [0.717, 1.165) is 33.1 Å². The Morgan fingerprint density at radius 3 is 2.59 bits per heavy atom. The van der Waals surface area contributed by atoms with Gasteiger partial charge in [0.15, 0.2) is 0 Å². The minimum atomic E-state index is 0.928. The number of benzene rings is 2. The van der Waals surface area contributed by atoms with Gasteiger partial charge < -0.3 is 10.3 Å². The lowest BCUT2D eigenvalue weighted by Gasteiger charge is -2.06. The van der Waals surface area contributed by atoms with Gasteiger partial charge in [0.05, 0.1) is 15.9 Å². The summed E-state index contributed by atoms with van der Waals surface area (Å²) in [6.07, 6.45) is 0. The van der Waals surface area contributed by atoms with Crippen LogP contribution in [-0.2, 0) is 0 Å². The normalized spacial score (nSPS) is 11.0. The number of aryl methyl sites for hydroxylation is 1. The van der Waals surface area contributed by atoms with Crippen molar-refractivity contribution in [2.24, 2.45) is 0 Å². The molecule has 0 unspecified atom stereocenters. The Hall–Kier alpha value is -2.59. The first-order valence-electron chi connectivity index (χ1n) is 7.15. The van der Waals surface area contributed by atoms with E-state index in [-0.39, 0.29) is 0 Å². The summed E-state index contributed by atoms with van der Waals surface area (Å²) in [5, 5.41) is 5.48. The van der Waals surface area contributed by atoms with Crippen LogP contribution >= 0.6 is 11.3 Å². The van der Waals surface area contributed by atoms with Gasteiger partial charge in [-0.25, -0.2) is 4.98 Å². The fraction of sp³-hybridized carbons (Fsp3) is 0.0556. The molecule has 3 nitrogen and oxygen atoms in total. The lowest BCUT2D eigenvalue weighted by molar-refractivity contribution is 1.36. The molecule has 0 saturated carbocycles. The Balaban J connectivity index is 1.67. The Morgan fingerprint density at radius 2 is 1.82 bits per heavy atom. The minimum absolute atomic E-state index is 0.928. The fourth-order valence-electron chi connectivity index (χ4n) is 2.42. The highest BCUT2D eigenvalue weighted by molar-refractivity contribution is 7.13. The second kappa shape index (κ2) is 5.31. The molecule has 0 atom stereocenters. The number of anilines is 2. The van der Waals surface area contributed by atoms with Crippen LogP contribution in [0.15, 0.2) is 60.0 Å². The van der Waals surface area contributed by atoms with E-state index in [1.807, 2.05) is 12.1 Å². The highest BCUT2D eigenvalue weighted by atomic mass is 32.1. The summed E-state index contributed by atoms with van der Waals surface area (Å²) in [4.78, 5) is 9.19. The Kier molecular flexibility index (Phi) is 3.16. The number of fused-ring (bicyclic) bond motifs is 1. The predicted molar refractivity (Wildman–Crippen MR) is 93.9 cm³/mol. The first-order valence-corrected chi connectivity index (χ1v) is 8.03. The maximum absolute atomic E-state index is 4.64. The van der Waals surface area contributed by atoms with E-state index in [0.29, 0.717) is 0 Å². The smallest absolute Gasteiger partial charge is 0.148 e. The SMILES string of the molecule is Cc1ccc(Nc2ccc3nc(-c4cccs4)[nH]c3c2)cc1.